The average Bonchev–Trinajstić information content (AvgIpc) is 3.00. The summed E-state index contributed by atoms with van der Waals surface area (Å²) in [6.45, 7) is 7.28. The molecule has 1 aromatic heterocycles. The molecule has 0 bridgehead atoms. The van der Waals surface area contributed by atoms with Crippen LogP contribution in [-0.2, 0) is 11.2 Å². The maximum Gasteiger partial charge on any atom is 0.276 e. The van der Waals surface area contributed by atoms with Crippen molar-refractivity contribution in [2.45, 2.75) is 40.0 Å². The standard InChI is InChI=1S/C18H23N3O4/c1-5-13-8-6-7-9-14(13)24-10-15(22)19-20-18(23)16-12(4)21-25-17(16)11(2)3/h6-9,11H,5,10H2,1-4H3,(H,19,22)(H,20,23). The van der Waals surface area contributed by atoms with Crippen LogP contribution in [0.25, 0.3) is 0 Å². The van der Waals surface area contributed by atoms with Crippen molar-refractivity contribution in [3.05, 3.63) is 46.8 Å². The van der Waals surface area contributed by atoms with Crippen LogP contribution in [0.3, 0.4) is 0 Å². The second kappa shape index (κ2) is 8.32. The summed E-state index contributed by atoms with van der Waals surface area (Å²) in [6, 6.07) is 7.51. The van der Waals surface area contributed by atoms with E-state index in [0.717, 1.165) is 12.0 Å². The number of aryl methyl sites for hydroxylation is 2. The van der Waals surface area contributed by atoms with Crippen molar-refractivity contribution in [2.75, 3.05) is 6.61 Å². The largest absolute Gasteiger partial charge is 0.483 e. The van der Waals surface area contributed by atoms with E-state index in [4.69, 9.17) is 9.26 Å². The van der Waals surface area contributed by atoms with E-state index in [0.29, 0.717) is 22.8 Å². The first-order chi connectivity index (χ1) is 11.9. The Morgan fingerprint density at radius 2 is 1.96 bits per heavy atom. The van der Waals surface area contributed by atoms with Crippen molar-refractivity contribution < 1.29 is 18.8 Å². The third-order valence-electron chi connectivity index (χ3n) is 3.67. The highest BCUT2D eigenvalue weighted by Crippen LogP contribution is 2.22. The molecule has 0 saturated heterocycles. The first-order valence-corrected chi connectivity index (χ1v) is 8.20. The van der Waals surface area contributed by atoms with Gasteiger partial charge in [0.15, 0.2) is 12.4 Å². The molecular weight excluding hydrogens is 322 g/mol. The number of benzene rings is 1. The minimum atomic E-state index is -0.468. The molecule has 2 aromatic rings. The molecule has 0 atom stereocenters. The minimum Gasteiger partial charge on any atom is -0.483 e. The zero-order valence-electron chi connectivity index (χ0n) is 14.9. The first-order valence-electron chi connectivity index (χ1n) is 8.20. The molecule has 0 unspecified atom stereocenters. The van der Waals surface area contributed by atoms with Gasteiger partial charge in [-0.25, -0.2) is 0 Å². The van der Waals surface area contributed by atoms with Gasteiger partial charge in [-0.15, -0.1) is 0 Å². The van der Waals surface area contributed by atoms with Gasteiger partial charge in [0.2, 0.25) is 0 Å². The van der Waals surface area contributed by atoms with E-state index < -0.39 is 11.8 Å². The second-order valence-corrected chi connectivity index (χ2v) is 5.91. The lowest BCUT2D eigenvalue weighted by molar-refractivity contribution is -0.123. The van der Waals surface area contributed by atoms with Crippen molar-refractivity contribution in [1.82, 2.24) is 16.0 Å². The van der Waals surface area contributed by atoms with Gasteiger partial charge in [0.25, 0.3) is 11.8 Å². The van der Waals surface area contributed by atoms with E-state index >= 15 is 0 Å². The van der Waals surface area contributed by atoms with Gasteiger partial charge in [0, 0.05) is 5.92 Å². The van der Waals surface area contributed by atoms with Crippen molar-refractivity contribution >= 4 is 11.8 Å². The minimum absolute atomic E-state index is 0.00605. The highest BCUT2D eigenvalue weighted by molar-refractivity contribution is 5.97. The van der Waals surface area contributed by atoms with Crippen LogP contribution in [0.5, 0.6) is 5.75 Å². The van der Waals surface area contributed by atoms with Gasteiger partial charge in [-0.3, -0.25) is 20.4 Å². The number of carbonyl (C=O) groups excluding carboxylic acids is 2. The number of aromatic nitrogens is 1. The number of amides is 2. The van der Waals surface area contributed by atoms with Gasteiger partial charge >= 0.3 is 0 Å². The van der Waals surface area contributed by atoms with Gasteiger partial charge in [0.1, 0.15) is 11.3 Å². The Balaban J connectivity index is 1.90. The predicted molar refractivity (Wildman–Crippen MR) is 92.3 cm³/mol. The van der Waals surface area contributed by atoms with Gasteiger partial charge in [-0.2, -0.15) is 0 Å². The molecule has 0 aliphatic heterocycles. The Kier molecular flexibility index (Phi) is 6.16. The molecule has 7 nitrogen and oxygen atoms in total. The monoisotopic (exact) mass is 345 g/mol. The molecule has 2 amide bonds. The van der Waals surface area contributed by atoms with E-state index in [1.54, 1.807) is 13.0 Å². The molecule has 1 aromatic carbocycles. The average molecular weight is 345 g/mol. The van der Waals surface area contributed by atoms with Crippen LogP contribution in [-0.4, -0.2) is 23.6 Å². The number of nitrogens with zero attached hydrogens (tertiary/aromatic N) is 1. The lowest BCUT2D eigenvalue weighted by atomic mass is 10.1. The molecule has 0 aliphatic carbocycles. The quantitative estimate of drug-likeness (QED) is 0.785. The lowest BCUT2D eigenvalue weighted by Crippen LogP contribution is -2.44. The molecule has 7 heteroatoms. The summed E-state index contributed by atoms with van der Waals surface area (Å²) in [5.74, 6) is 0.219. The van der Waals surface area contributed by atoms with E-state index in [2.05, 4.69) is 16.0 Å². The van der Waals surface area contributed by atoms with Crippen LogP contribution in [0, 0.1) is 6.92 Å². The van der Waals surface area contributed by atoms with Gasteiger partial charge in [0.05, 0.1) is 5.69 Å². The highest BCUT2D eigenvalue weighted by Gasteiger charge is 2.22. The van der Waals surface area contributed by atoms with Crippen LogP contribution in [0.1, 0.15) is 54.1 Å². The zero-order valence-corrected chi connectivity index (χ0v) is 14.9. The molecule has 2 N–H and O–H groups in total. The van der Waals surface area contributed by atoms with Gasteiger partial charge < -0.3 is 9.26 Å². The SMILES string of the molecule is CCc1ccccc1OCC(=O)NNC(=O)c1c(C)noc1C(C)C. The van der Waals surface area contributed by atoms with Crippen molar-refractivity contribution in [3.63, 3.8) is 0 Å². The predicted octanol–water partition coefficient (Wildman–Crippen LogP) is 2.51. The summed E-state index contributed by atoms with van der Waals surface area (Å²) in [6.07, 6.45) is 0.805. The van der Waals surface area contributed by atoms with Crippen molar-refractivity contribution in [2.24, 2.45) is 0 Å². The molecule has 2 rings (SSSR count). The summed E-state index contributed by atoms with van der Waals surface area (Å²) in [5.41, 5.74) is 6.54. The Morgan fingerprint density at radius 1 is 1.24 bits per heavy atom. The number of para-hydroxylation sites is 1. The molecule has 25 heavy (non-hydrogen) atoms. The fourth-order valence-corrected chi connectivity index (χ4v) is 2.36. The van der Waals surface area contributed by atoms with Crippen LogP contribution in [0.15, 0.2) is 28.8 Å². The number of rotatable bonds is 6. The van der Waals surface area contributed by atoms with Gasteiger partial charge in [-0.1, -0.05) is 44.1 Å². The molecule has 1 heterocycles. The highest BCUT2D eigenvalue weighted by atomic mass is 16.5. The topological polar surface area (TPSA) is 93.5 Å². The molecule has 0 fully saturated rings. The lowest BCUT2D eigenvalue weighted by Gasteiger charge is -2.11. The van der Waals surface area contributed by atoms with Crippen LogP contribution >= 0.6 is 0 Å². The number of nitrogens with one attached hydrogen (secondary N) is 2. The zero-order chi connectivity index (χ0) is 18.4. The first kappa shape index (κ1) is 18.5. The van der Waals surface area contributed by atoms with E-state index in [-0.39, 0.29) is 12.5 Å². The van der Waals surface area contributed by atoms with E-state index in [1.165, 1.54) is 0 Å². The molecule has 0 spiro atoms. The number of hydrogen-bond donors (Lipinski definition) is 2. The second-order valence-electron chi connectivity index (χ2n) is 5.91. The Morgan fingerprint density at radius 3 is 2.64 bits per heavy atom. The Bertz CT molecular complexity index is 753. The third kappa shape index (κ3) is 4.59. The van der Waals surface area contributed by atoms with Crippen molar-refractivity contribution in [1.29, 1.82) is 0 Å². The van der Waals surface area contributed by atoms with Crippen LogP contribution in [0.2, 0.25) is 0 Å². The Hall–Kier alpha value is -2.83. The molecule has 0 aliphatic rings. The number of carbonyl (C=O) groups is 2. The fraction of sp³-hybridized carbons (Fsp3) is 0.389. The maximum atomic E-state index is 12.3. The third-order valence-corrected chi connectivity index (χ3v) is 3.67. The Labute approximate surface area is 146 Å². The number of hydrogen-bond acceptors (Lipinski definition) is 5. The van der Waals surface area contributed by atoms with Crippen LogP contribution in [0.4, 0.5) is 0 Å². The summed E-state index contributed by atoms with van der Waals surface area (Å²) in [5, 5.41) is 3.81. The molecular formula is C18H23N3O4. The fourth-order valence-electron chi connectivity index (χ4n) is 2.36. The number of hydrazine groups is 1. The van der Waals surface area contributed by atoms with E-state index in [9.17, 15) is 9.59 Å². The summed E-state index contributed by atoms with van der Waals surface area (Å²) >= 11 is 0. The molecule has 0 radical (unpaired) electrons. The molecule has 134 valence electrons. The van der Waals surface area contributed by atoms with Crippen molar-refractivity contribution in [3.8, 4) is 5.75 Å². The summed E-state index contributed by atoms with van der Waals surface area (Å²) in [4.78, 5) is 24.2. The molecule has 0 saturated carbocycles. The smallest absolute Gasteiger partial charge is 0.276 e. The normalized spacial score (nSPS) is 10.6. The van der Waals surface area contributed by atoms with E-state index in [1.807, 2.05) is 39.0 Å². The van der Waals surface area contributed by atoms with Crippen LogP contribution < -0.4 is 15.6 Å². The summed E-state index contributed by atoms with van der Waals surface area (Å²) < 4.78 is 10.7. The maximum absolute atomic E-state index is 12.3. The van der Waals surface area contributed by atoms with Gasteiger partial charge in [-0.05, 0) is 25.0 Å². The summed E-state index contributed by atoms with van der Waals surface area (Å²) in [7, 11) is 0. The number of ether oxygens (including phenoxy) is 1.